The monoisotopic (exact) mass is 363 g/mol. The molecule has 0 radical (unpaired) electrons. The highest BCUT2D eigenvalue weighted by molar-refractivity contribution is 5.84. The molecule has 1 amide bonds. The average Bonchev–Trinajstić information content (AvgIpc) is 3.38. The first-order valence-electron chi connectivity index (χ1n) is 10.5. The van der Waals surface area contributed by atoms with Crippen LogP contribution >= 0.6 is 0 Å². The van der Waals surface area contributed by atoms with Crippen LogP contribution in [0, 0.1) is 5.41 Å². The second kappa shape index (κ2) is 8.59. The molecule has 0 aromatic rings. The van der Waals surface area contributed by atoms with Gasteiger partial charge in [-0.15, -0.1) is 0 Å². The number of carbonyl (C=O) groups excluding carboxylic acids is 1. The second-order valence-corrected chi connectivity index (χ2v) is 8.57. The van der Waals surface area contributed by atoms with E-state index in [4.69, 9.17) is 4.99 Å². The van der Waals surface area contributed by atoms with Gasteiger partial charge in [-0.2, -0.15) is 0 Å². The molecule has 2 aliphatic carbocycles. The smallest absolute Gasteiger partial charge is 0.230 e. The lowest BCUT2D eigenvalue weighted by Gasteiger charge is -2.33. The molecule has 2 saturated carbocycles. The van der Waals surface area contributed by atoms with Gasteiger partial charge in [0.15, 0.2) is 5.96 Å². The van der Waals surface area contributed by atoms with Crippen molar-refractivity contribution in [1.29, 1.82) is 0 Å². The second-order valence-electron chi connectivity index (χ2n) is 8.57. The molecule has 0 aromatic carbocycles. The zero-order valence-corrected chi connectivity index (χ0v) is 16.9. The highest BCUT2D eigenvalue weighted by Gasteiger charge is 2.42. The Morgan fingerprint density at radius 2 is 1.81 bits per heavy atom. The van der Waals surface area contributed by atoms with E-state index < -0.39 is 0 Å². The summed E-state index contributed by atoms with van der Waals surface area (Å²) in [4.78, 5) is 22.0. The van der Waals surface area contributed by atoms with Crippen LogP contribution in [0.1, 0.15) is 58.3 Å². The van der Waals surface area contributed by atoms with E-state index >= 15 is 0 Å². The van der Waals surface area contributed by atoms with Crippen LogP contribution in [-0.4, -0.2) is 74.0 Å². The molecule has 26 heavy (non-hydrogen) atoms. The van der Waals surface area contributed by atoms with Gasteiger partial charge in [0.1, 0.15) is 0 Å². The highest BCUT2D eigenvalue weighted by atomic mass is 16.2. The molecule has 6 heteroatoms. The van der Waals surface area contributed by atoms with Crippen molar-refractivity contribution >= 4 is 11.9 Å². The minimum absolute atomic E-state index is 0.243. The number of nitrogens with one attached hydrogen (secondary N) is 2. The van der Waals surface area contributed by atoms with E-state index in [1.165, 1.54) is 38.8 Å². The van der Waals surface area contributed by atoms with E-state index in [1.807, 2.05) is 14.1 Å². The summed E-state index contributed by atoms with van der Waals surface area (Å²) >= 11 is 0. The number of hydrogen-bond acceptors (Lipinski definition) is 3. The summed E-state index contributed by atoms with van der Waals surface area (Å²) < 4.78 is 0. The Kier molecular flexibility index (Phi) is 6.43. The first-order valence-corrected chi connectivity index (χ1v) is 10.5. The van der Waals surface area contributed by atoms with Gasteiger partial charge in [0.05, 0.1) is 12.0 Å². The highest BCUT2D eigenvalue weighted by Crippen LogP contribution is 2.39. The molecule has 148 valence electrons. The Hall–Kier alpha value is -1.30. The summed E-state index contributed by atoms with van der Waals surface area (Å²) in [5.74, 6) is 1.13. The summed E-state index contributed by atoms with van der Waals surface area (Å²) in [6, 6.07) is 1.36. The number of carbonyl (C=O) groups is 1. The third-order valence-corrected chi connectivity index (χ3v) is 6.24. The predicted molar refractivity (Wildman–Crippen MR) is 106 cm³/mol. The minimum atomic E-state index is -0.290. The summed E-state index contributed by atoms with van der Waals surface area (Å²) in [7, 11) is 3.73. The van der Waals surface area contributed by atoms with Crippen LogP contribution in [0.15, 0.2) is 4.99 Å². The first kappa shape index (κ1) is 19.5. The average molecular weight is 364 g/mol. The topological polar surface area (TPSA) is 60.0 Å². The van der Waals surface area contributed by atoms with Gasteiger partial charge < -0.3 is 20.4 Å². The van der Waals surface area contributed by atoms with Crippen molar-refractivity contribution in [1.82, 2.24) is 20.4 Å². The Morgan fingerprint density at radius 3 is 2.35 bits per heavy atom. The molecular formula is C20H37N5O. The quantitative estimate of drug-likeness (QED) is 0.558. The van der Waals surface area contributed by atoms with E-state index in [2.05, 4.69) is 22.5 Å². The van der Waals surface area contributed by atoms with Crippen molar-refractivity contribution in [2.45, 2.75) is 70.4 Å². The number of guanidine groups is 1. The van der Waals surface area contributed by atoms with Crippen LogP contribution in [0.2, 0.25) is 0 Å². The molecule has 3 fully saturated rings. The molecule has 3 aliphatic rings. The SMILES string of the molecule is CCNC(=NCC1(C(=O)N(C)C)CCCC1)NC1CCN(C2CC2)CC1. The van der Waals surface area contributed by atoms with Crippen LogP contribution < -0.4 is 10.6 Å². The fourth-order valence-corrected chi connectivity index (χ4v) is 4.56. The third kappa shape index (κ3) is 4.70. The van der Waals surface area contributed by atoms with E-state index in [0.29, 0.717) is 12.6 Å². The zero-order chi connectivity index (χ0) is 18.6. The van der Waals surface area contributed by atoms with E-state index in [1.54, 1.807) is 4.90 Å². The Balaban J connectivity index is 1.58. The molecule has 3 rings (SSSR count). The van der Waals surface area contributed by atoms with Gasteiger partial charge in [0, 0.05) is 45.8 Å². The van der Waals surface area contributed by atoms with Gasteiger partial charge in [0.25, 0.3) is 0 Å². The summed E-state index contributed by atoms with van der Waals surface area (Å²) in [6.07, 6.45) is 9.36. The molecule has 1 aliphatic heterocycles. The molecule has 0 atom stereocenters. The lowest BCUT2D eigenvalue weighted by atomic mass is 9.85. The van der Waals surface area contributed by atoms with E-state index in [9.17, 15) is 4.79 Å². The van der Waals surface area contributed by atoms with Crippen LogP contribution in [0.3, 0.4) is 0 Å². The lowest BCUT2D eigenvalue weighted by Crippen LogP contribution is -2.49. The van der Waals surface area contributed by atoms with Gasteiger partial charge in [0.2, 0.25) is 5.91 Å². The summed E-state index contributed by atoms with van der Waals surface area (Å²) in [6.45, 7) is 5.94. The minimum Gasteiger partial charge on any atom is -0.357 e. The van der Waals surface area contributed by atoms with Crippen molar-refractivity contribution in [3.63, 3.8) is 0 Å². The maximum absolute atomic E-state index is 12.7. The van der Waals surface area contributed by atoms with Gasteiger partial charge in [-0.3, -0.25) is 9.79 Å². The van der Waals surface area contributed by atoms with Gasteiger partial charge in [-0.05, 0) is 45.4 Å². The third-order valence-electron chi connectivity index (χ3n) is 6.24. The number of likely N-dealkylation sites (tertiary alicyclic amines) is 1. The molecule has 2 N–H and O–H groups in total. The number of hydrogen-bond donors (Lipinski definition) is 2. The van der Waals surface area contributed by atoms with Crippen molar-refractivity contribution in [2.75, 3.05) is 40.3 Å². The fourth-order valence-electron chi connectivity index (χ4n) is 4.56. The Morgan fingerprint density at radius 1 is 1.15 bits per heavy atom. The maximum atomic E-state index is 12.7. The molecule has 0 bridgehead atoms. The maximum Gasteiger partial charge on any atom is 0.230 e. The zero-order valence-electron chi connectivity index (χ0n) is 16.9. The lowest BCUT2D eigenvalue weighted by molar-refractivity contribution is -0.138. The number of rotatable bonds is 6. The van der Waals surface area contributed by atoms with E-state index in [-0.39, 0.29) is 11.3 Å². The number of aliphatic imine (C=N–C) groups is 1. The van der Waals surface area contributed by atoms with Gasteiger partial charge >= 0.3 is 0 Å². The fraction of sp³-hybridized carbons (Fsp3) is 0.900. The van der Waals surface area contributed by atoms with Gasteiger partial charge in [-0.25, -0.2) is 0 Å². The van der Waals surface area contributed by atoms with Crippen LogP contribution in [-0.2, 0) is 4.79 Å². The normalized spacial score (nSPS) is 24.5. The molecule has 1 heterocycles. The number of nitrogens with zero attached hydrogens (tertiary/aromatic N) is 3. The molecule has 6 nitrogen and oxygen atoms in total. The predicted octanol–water partition coefficient (Wildman–Crippen LogP) is 1.82. The van der Waals surface area contributed by atoms with Gasteiger partial charge in [-0.1, -0.05) is 12.8 Å². The van der Waals surface area contributed by atoms with Crippen LogP contribution in [0.4, 0.5) is 0 Å². The molecular weight excluding hydrogens is 326 g/mol. The summed E-state index contributed by atoms with van der Waals surface area (Å²) in [5.41, 5.74) is -0.290. The molecule has 0 aromatic heterocycles. The van der Waals surface area contributed by atoms with Crippen molar-refractivity contribution in [3.8, 4) is 0 Å². The van der Waals surface area contributed by atoms with Crippen LogP contribution in [0.25, 0.3) is 0 Å². The number of piperidine rings is 1. The van der Waals surface area contributed by atoms with Crippen LogP contribution in [0.5, 0.6) is 0 Å². The molecule has 0 unspecified atom stereocenters. The van der Waals surface area contributed by atoms with Crippen molar-refractivity contribution in [3.05, 3.63) is 0 Å². The summed E-state index contributed by atoms with van der Waals surface area (Å²) in [5, 5.41) is 7.02. The van der Waals surface area contributed by atoms with Crippen molar-refractivity contribution < 1.29 is 4.79 Å². The van der Waals surface area contributed by atoms with E-state index in [0.717, 1.165) is 44.2 Å². The largest absolute Gasteiger partial charge is 0.357 e. The Bertz CT molecular complexity index is 500. The Labute approximate surface area is 158 Å². The van der Waals surface area contributed by atoms with Crippen molar-refractivity contribution in [2.24, 2.45) is 10.4 Å². The number of amides is 1. The first-order chi connectivity index (χ1) is 12.5. The molecule has 0 spiro atoms. The molecule has 1 saturated heterocycles. The standard InChI is InChI=1S/C20H37N5O/c1-4-21-19(23-16-9-13-25(14-10-16)17-7-8-17)22-15-20(11-5-6-12-20)18(26)24(2)3/h16-17H,4-15H2,1-3H3,(H2,21,22,23).